The number of benzene rings is 1. The van der Waals surface area contributed by atoms with Gasteiger partial charge in [-0.2, -0.15) is 5.10 Å². The largest absolute Gasteiger partial charge is 0.378 e. The molecule has 0 spiro atoms. The van der Waals surface area contributed by atoms with Crippen molar-refractivity contribution in [2.75, 3.05) is 11.9 Å². The molecule has 1 saturated heterocycles. The average Bonchev–Trinajstić information content (AvgIpc) is 2.95. The van der Waals surface area contributed by atoms with Crippen LogP contribution in [0.1, 0.15) is 31.5 Å². The van der Waals surface area contributed by atoms with Crippen LogP contribution >= 0.6 is 0 Å². The molecule has 1 aliphatic heterocycles. The van der Waals surface area contributed by atoms with Crippen molar-refractivity contribution in [2.45, 2.75) is 38.7 Å². The Bertz CT molecular complexity index is 647. The number of ether oxygens (including phenoxy) is 1. The van der Waals surface area contributed by atoms with Gasteiger partial charge >= 0.3 is 0 Å². The first-order valence-corrected chi connectivity index (χ1v) is 7.62. The zero-order valence-corrected chi connectivity index (χ0v) is 12.6. The van der Waals surface area contributed by atoms with Gasteiger partial charge < -0.3 is 10.1 Å². The molecule has 1 aromatic heterocycles. The summed E-state index contributed by atoms with van der Waals surface area (Å²) in [5.41, 5.74) is 1.53. The van der Waals surface area contributed by atoms with E-state index >= 15 is 0 Å². The number of hydrogen-bond donors (Lipinski definition) is 2. The molecule has 22 heavy (non-hydrogen) atoms. The van der Waals surface area contributed by atoms with Crippen molar-refractivity contribution < 1.29 is 9.53 Å². The fourth-order valence-corrected chi connectivity index (χ4v) is 2.63. The smallest absolute Gasteiger partial charge is 0.227 e. The van der Waals surface area contributed by atoms with E-state index in [0.717, 1.165) is 42.9 Å². The quantitative estimate of drug-likeness (QED) is 0.909. The Labute approximate surface area is 129 Å². The van der Waals surface area contributed by atoms with E-state index in [1.165, 1.54) is 0 Å². The highest BCUT2D eigenvalue weighted by atomic mass is 16.5. The third kappa shape index (κ3) is 3.51. The molecule has 1 fully saturated rings. The number of H-pyrrole nitrogens is 1. The van der Waals surface area contributed by atoms with Crippen LogP contribution < -0.4 is 5.32 Å². The SMILES string of the molecule is Cc1nc(-c2ccccc2NC(=O)CC2CCCCO2)n[nH]1. The molecule has 0 bridgehead atoms. The van der Waals surface area contributed by atoms with E-state index in [9.17, 15) is 4.79 Å². The molecule has 0 radical (unpaired) electrons. The summed E-state index contributed by atoms with van der Waals surface area (Å²) in [6, 6.07) is 7.55. The van der Waals surface area contributed by atoms with Gasteiger partial charge in [-0.1, -0.05) is 12.1 Å². The maximum absolute atomic E-state index is 12.2. The van der Waals surface area contributed by atoms with Crippen LogP contribution in [0.5, 0.6) is 0 Å². The monoisotopic (exact) mass is 300 g/mol. The lowest BCUT2D eigenvalue weighted by atomic mass is 10.1. The van der Waals surface area contributed by atoms with Crippen LogP contribution in [-0.4, -0.2) is 33.8 Å². The highest BCUT2D eigenvalue weighted by Gasteiger charge is 2.19. The van der Waals surface area contributed by atoms with Crippen LogP contribution in [0.25, 0.3) is 11.4 Å². The van der Waals surface area contributed by atoms with Crippen molar-refractivity contribution in [2.24, 2.45) is 0 Å². The first-order valence-electron chi connectivity index (χ1n) is 7.62. The number of nitrogens with one attached hydrogen (secondary N) is 2. The number of nitrogens with zero attached hydrogens (tertiary/aromatic N) is 2. The number of carbonyl (C=O) groups is 1. The van der Waals surface area contributed by atoms with E-state index in [0.29, 0.717) is 12.2 Å². The summed E-state index contributed by atoms with van der Waals surface area (Å²) in [5, 5.41) is 9.93. The summed E-state index contributed by atoms with van der Waals surface area (Å²) in [4.78, 5) is 16.6. The number of aromatic nitrogens is 3. The second-order valence-corrected chi connectivity index (χ2v) is 5.53. The third-order valence-corrected chi connectivity index (χ3v) is 3.73. The Morgan fingerprint density at radius 1 is 1.41 bits per heavy atom. The molecular formula is C16H20N4O2. The maximum Gasteiger partial charge on any atom is 0.227 e. The molecule has 3 rings (SSSR count). The molecule has 6 nitrogen and oxygen atoms in total. The van der Waals surface area contributed by atoms with E-state index in [1.807, 2.05) is 31.2 Å². The Kier molecular flexibility index (Phi) is 4.48. The molecule has 1 amide bonds. The lowest BCUT2D eigenvalue weighted by Crippen LogP contribution is -2.25. The van der Waals surface area contributed by atoms with Crippen LogP contribution in [0, 0.1) is 6.92 Å². The van der Waals surface area contributed by atoms with Crippen LogP contribution in [0.3, 0.4) is 0 Å². The van der Waals surface area contributed by atoms with Gasteiger partial charge in [0.15, 0.2) is 5.82 Å². The molecule has 1 aromatic carbocycles. The minimum absolute atomic E-state index is 0.0339. The summed E-state index contributed by atoms with van der Waals surface area (Å²) < 4.78 is 5.61. The standard InChI is InChI=1S/C16H20N4O2/c1-11-17-16(20-19-11)13-7-2-3-8-14(13)18-15(21)10-12-6-4-5-9-22-12/h2-3,7-8,12H,4-6,9-10H2,1H3,(H,18,21)(H,17,19,20). The van der Waals surface area contributed by atoms with Gasteiger partial charge in [-0.25, -0.2) is 4.98 Å². The highest BCUT2D eigenvalue weighted by Crippen LogP contribution is 2.25. The average molecular weight is 300 g/mol. The Morgan fingerprint density at radius 2 is 2.27 bits per heavy atom. The van der Waals surface area contributed by atoms with Crippen LogP contribution in [0.4, 0.5) is 5.69 Å². The molecule has 2 N–H and O–H groups in total. The van der Waals surface area contributed by atoms with Crippen molar-refractivity contribution >= 4 is 11.6 Å². The molecule has 116 valence electrons. The second kappa shape index (κ2) is 6.70. The number of para-hydroxylation sites is 1. The lowest BCUT2D eigenvalue weighted by molar-refractivity contribution is -0.119. The maximum atomic E-state index is 12.2. The summed E-state index contributed by atoms with van der Waals surface area (Å²) in [5.74, 6) is 1.29. The molecule has 1 atom stereocenters. The van der Waals surface area contributed by atoms with Crippen LogP contribution in [-0.2, 0) is 9.53 Å². The first kappa shape index (κ1) is 14.7. The van der Waals surface area contributed by atoms with Crippen molar-refractivity contribution in [1.82, 2.24) is 15.2 Å². The van der Waals surface area contributed by atoms with Crippen molar-refractivity contribution in [3.8, 4) is 11.4 Å². The molecule has 1 unspecified atom stereocenters. The van der Waals surface area contributed by atoms with Gasteiger partial charge in [0, 0.05) is 12.2 Å². The molecule has 1 aliphatic rings. The highest BCUT2D eigenvalue weighted by molar-refractivity contribution is 5.94. The topological polar surface area (TPSA) is 79.9 Å². The van der Waals surface area contributed by atoms with Gasteiger partial charge in [0.2, 0.25) is 5.91 Å². The molecular weight excluding hydrogens is 280 g/mol. The van der Waals surface area contributed by atoms with Crippen molar-refractivity contribution in [3.05, 3.63) is 30.1 Å². The number of anilines is 1. The van der Waals surface area contributed by atoms with Crippen molar-refractivity contribution in [1.29, 1.82) is 0 Å². The zero-order chi connectivity index (χ0) is 15.4. The Morgan fingerprint density at radius 3 is 3.00 bits per heavy atom. The van der Waals surface area contributed by atoms with E-state index in [1.54, 1.807) is 0 Å². The predicted molar refractivity (Wildman–Crippen MR) is 83.4 cm³/mol. The van der Waals surface area contributed by atoms with E-state index < -0.39 is 0 Å². The third-order valence-electron chi connectivity index (χ3n) is 3.73. The number of aromatic amines is 1. The van der Waals surface area contributed by atoms with Gasteiger partial charge in [0.05, 0.1) is 18.2 Å². The molecule has 0 aliphatic carbocycles. The number of carbonyl (C=O) groups excluding carboxylic acids is 1. The molecule has 2 heterocycles. The van der Waals surface area contributed by atoms with Gasteiger partial charge in [-0.15, -0.1) is 0 Å². The van der Waals surface area contributed by atoms with Gasteiger partial charge in [-0.3, -0.25) is 9.89 Å². The summed E-state index contributed by atoms with van der Waals surface area (Å²) >= 11 is 0. The predicted octanol–water partition coefficient (Wildman–Crippen LogP) is 2.68. The lowest BCUT2D eigenvalue weighted by Gasteiger charge is -2.22. The van der Waals surface area contributed by atoms with Gasteiger partial charge in [0.25, 0.3) is 0 Å². The fraction of sp³-hybridized carbons (Fsp3) is 0.438. The van der Waals surface area contributed by atoms with Crippen LogP contribution in [0.2, 0.25) is 0 Å². The Hall–Kier alpha value is -2.21. The fourth-order valence-electron chi connectivity index (χ4n) is 2.63. The molecule has 6 heteroatoms. The Balaban J connectivity index is 1.70. The van der Waals surface area contributed by atoms with E-state index in [-0.39, 0.29) is 12.0 Å². The first-order chi connectivity index (χ1) is 10.7. The minimum Gasteiger partial charge on any atom is -0.378 e. The van der Waals surface area contributed by atoms with E-state index in [2.05, 4.69) is 20.5 Å². The second-order valence-electron chi connectivity index (χ2n) is 5.53. The van der Waals surface area contributed by atoms with Crippen molar-refractivity contribution in [3.63, 3.8) is 0 Å². The summed E-state index contributed by atoms with van der Waals surface area (Å²) in [7, 11) is 0. The van der Waals surface area contributed by atoms with Gasteiger partial charge in [-0.05, 0) is 38.3 Å². The number of hydrogen-bond acceptors (Lipinski definition) is 4. The molecule has 0 saturated carbocycles. The zero-order valence-electron chi connectivity index (χ0n) is 12.6. The minimum atomic E-state index is -0.0355. The molecule has 2 aromatic rings. The van der Waals surface area contributed by atoms with Gasteiger partial charge in [0.1, 0.15) is 5.82 Å². The van der Waals surface area contributed by atoms with E-state index in [4.69, 9.17) is 4.74 Å². The number of rotatable bonds is 4. The normalized spacial score (nSPS) is 18.1. The number of amides is 1. The summed E-state index contributed by atoms with van der Waals surface area (Å²) in [6.07, 6.45) is 3.60. The van der Waals surface area contributed by atoms with Crippen LogP contribution in [0.15, 0.2) is 24.3 Å². The number of aryl methyl sites for hydroxylation is 1. The summed E-state index contributed by atoms with van der Waals surface area (Å²) in [6.45, 7) is 2.60.